The van der Waals surface area contributed by atoms with Crippen LogP contribution in [0.3, 0.4) is 0 Å². The lowest BCUT2D eigenvalue weighted by atomic mass is 9.83. The van der Waals surface area contributed by atoms with Crippen molar-refractivity contribution in [3.05, 3.63) is 29.3 Å². The van der Waals surface area contributed by atoms with Crippen molar-refractivity contribution in [3.63, 3.8) is 0 Å². The van der Waals surface area contributed by atoms with Gasteiger partial charge in [-0.1, -0.05) is 31.4 Å². The first-order valence-electron chi connectivity index (χ1n) is 6.69. The molecule has 1 aromatic rings. The standard InChI is InChI=1S/C15H23NO/c1-11-6-7-14(15(17)10-11)12(2)16-9-8-13-4-3-5-13/h6-7,10,12-13,16-17H,3-5,8-9H2,1-2H3. The van der Waals surface area contributed by atoms with Crippen LogP contribution >= 0.6 is 0 Å². The molecule has 1 saturated carbocycles. The molecule has 1 atom stereocenters. The van der Waals surface area contributed by atoms with E-state index >= 15 is 0 Å². The molecule has 2 heteroatoms. The van der Waals surface area contributed by atoms with Gasteiger partial charge in [-0.25, -0.2) is 0 Å². The van der Waals surface area contributed by atoms with Crippen molar-refractivity contribution >= 4 is 0 Å². The molecule has 2 rings (SSSR count). The molecule has 94 valence electrons. The second-order valence-electron chi connectivity index (χ2n) is 5.32. The first-order chi connectivity index (χ1) is 8.16. The number of aryl methyl sites for hydroxylation is 1. The van der Waals surface area contributed by atoms with Crippen LogP contribution in [0, 0.1) is 12.8 Å². The molecule has 1 aliphatic rings. The summed E-state index contributed by atoms with van der Waals surface area (Å²) in [4.78, 5) is 0. The number of hydrogen-bond acceptors (Lipinski definition) is 2. The third-order valence-corrected chi connectivity index (χ3v) is 3.88. The lowest BCUT2D eigenvalue weighted by Crippen LogP contribution is -2.24. The van der Waals surface area contributed by atoms with Crippen LogP contribution in [0.5, 0.6) is 5.75 Å². The molecule has 1 aliphatic carbocycles. The van der Waals surface area contributed by atoms with Crippen molar-refractivity contribution < 1.29 is 5.11 Å². The van der Waals surface area contributed by atoms with Gasteiger partial charge in [-0.05, 0) is 44.4 Å². The van der Waals surface area contributed by atoms with Crippen LogP contribution in [0.15, 0.2) is 18.2 Å². The molecular formula is C15H23NO. The van der Waals surface area contributed by atoms with E-state index in [1.807, 2.05) is 19.1 Å². The van der Waals surface area contributed by atoms with Crippen LogP contribution in [0.1, 0.15) is 49.8 Å². The largest absolute Gasteiger partial charge is 0.508 e. The van der Waals surface area contributed by atoms with Crippen LogP contribution in [-0.4, -0.2) is 11.7 Å². The Hall–Kier alpha value is -1.02. The molecule has 0 aromatic heterocycles. The summed E-state index contributed by atoms with van der Waals surface area (Å²) >= 11 is 0. The van der Waals surface area contributed by atoms with Crippen LogP contribution in [-0.2, 0) is 0 Å². The number of phenolic OH excluding ortho intramolecular Hbond substituents is 1. The van der Waals surface area contributed by atoms with Gasteiger partial charge in [0.2, 0.25) is 0 Å². The van der Waals surface area contributed by atoms with E-state index in [-0.39, 0.29) is 6.04 Å². The number of phenols is 1. The Morgan fingerprint density at radius 1 is 1.41 bits per heavy atom. The normalized spacial score (nSPS) is 17.8. The summed E-state index contributed by atoms with van der Waals surface area (Å²) in [5.41, 5.74) is 2.11. The predicted octanol–water partition coefficient (Wildman–Crippen LogP) is 3.54. The van der Waals surface area contributed by atoms with Gasteiger partial charge >= 0.3 is 0 Å². The molecular weight excluding hydrogens is 210 g/mol. The molecule has 1 unspecified atom stereocenters. The first kappa shape index (κ1) is 12.4. The minimum Gasteiger partial charge on any atom is -0.508 e. The zero-order valence-electron chi connectivity index (χ0n) is 10.9. The second-order valence-corrected chi connectivity index (χ2v) is 5.32. The Morgan fingerprint density at radius 2 is 2.18 bits per heavy atom. The van der Waals surface area contributed by atoms with Gasteiger partial charge in [0.25, 0.3) is 0 Å². The molecule has 0 spiro atoms. The molecule has 0 saturated heterocycles. The van der Waals surface area contributed by atoms with E-state index in [0.29, 0.717) is 5.75 Å². The zero-order chi connectivity index (χ0) is 12.3. The maximum Gasteiger partial charge on any atom is 0.120 e. The number of nitrogens with one attached hydrogen (secondary N) is 1. The lowest BCUT2D eigenvalue weighted by Gasteiger charge is -2.26. The van der Waals surface area contributed by atoms with Crippen molar-refractivity contribution in [2.45, 2.75) is 45.6 Å². The molecule has 0 bridgehead atoms. The van der Waals surface area contributed by atoms with E-state index in [9.17, 15) is 5.11 Å². The Bertz CT molecular complexity index is 371. The first-order valence-corrected chi connectivity index (χ1v) is 6.69. The minimum absolute atomic E-state index is 0.232. The molecule has 2 nitrogen and oxygen atoms in total. The van der Waals surface area contributed by atoms with Crippen LogP contribution in [0.2, 0.25) is 0 Å². The summed E-state index contributed by atoms with van der Waals surface area (Å²) in [6, 6.07) is 6.14. The van der Waals surface area contributed by atoms with Crippen molar-refractivity contribution in [2.24, 2.45) is 5.92 Å². The molecule has 0 amide bonds. The van der Waals surface area contributed by atoms with Gasteiger partial charge in [0.1, 0.15) is 5.75 Å². The van der Waals surface area contributed by atoms with E-state index in [4.69, 9.17) is 0 Å². The summed E-state index contributed by atoms with van der Waals surface area (Å²) in [5.74, 6) is 1.36. The Kier molecular flexibility index (Phi) is 4.06. The van der Waals surface area contributed by atoms with E-state index in [1.54, 1.807) is 0 Å². The average molecular weight is 233 g/mol. The fourth-order valence-corrected chi connectivity index (χ4v) is 2.42. The van der Waals surface area contributed by atoms with Crippen molar-refractivity contribution in [1.29, 1.82) is 0 Å². The molecule has 0 radical (unpaired) electrons. The number of aromatic hydroxyl groups is 1. The van der Waals surface area contributed by atoms with Gasteiger partial charge in [-0.3, -0.25) is 0 Å². The quantitative estimate of drug-likeness (QED) is 0.815. The molecule has 1 aromatic carbocycles. The average Bonchev–Trinajstić information content (AvgIpc) is 2.21. The maximum absolute atomic E-state index is 9.89. The summed E-state index contributed by atoms with van der Waals surface area (Å²) in [5, 5.41) is 13.4. The van der Waals surface area contributed by atoms with E-state index in [1.165, 1.54) is 25.7 Å². The van der Waals surface area contributed by atoms with Crippen molar-refractivity contribution in [2.75, 3.05) is 6.54 Å². The fraction of sp³-hybridized carbons (Fsp3) is 0.600. The molecule has 1 fully saturated rings. The highest BCUT2D eigenvalue weighted by atomic mass is 16.3. The summed E-state index contributed by atoms with van der Waals surface area (Å²) in [6.45, 7) is 5.17. The Balaban J connectivity index is 1.83. The van der Waals surface area contributed by atoms with E-state index in [2.05, 4.69) is 18.3 Å². The monoisotopic (exact) mass is 233 g/mol. The third-order valence-electron chi connectivity index (χ3n) is 3.88. The van der Waals surface area contributed by atoms with Crippen LogP contribution in [0.4, 0.5) is 0 Å². The highest BCUT2D eigenvalue weighted by molar-refractivity contribution is 5.37. The van der Waals surface area contributed by atoms with Crippen LogP contribution in [0.25, 0.3) is 0 Å². The highest BCUT2D eigenvalue weighted by Gasteiger charge is 2.17. The zero-order valence-corrected chi connectivity index (χ0v) is 10.9. The lowest BCUT2D eigenvalue weighted by molar-refractivity contribution is 0.288. The Labute approximate surface area is 104 Å². The maximum atomic E-state index is 9.89. The van der Waals surface area contributed by atoms with E-state index in [0.717, 1.165) is 23.6 Å². The number of benzene rings is 1. The SMILES string of the molecule is Cc1ccc(C(C)NCCC2CCC2)c(O)c1. The van der Waals surface area contributed by atoms with Gasteiger partial charge in [-0.2, -0.15) is 0 Å². The van der Waals surface area contributed by atoms with Gasteiger partial charge < -0.3 is 10.4 Å². The molecule has 17 heavy (non-hydrogen) atoms. The van der Waals surface area contributed by atoms with Gasteiger partial charge in [0.05, 0.1) is 0 Å². The smallest absolute Gasteiger partial charge is 0.120 e. The van der Waals surface area contributed by atoms with Gasteiger partial charge in [0.15, 0.2) is 0 Å². The predicted molar refractivity (Wildman–Crippen MR) is 71.2 cm³/mol. The van der Waals surface area contributed by atoms with E-state index < -0.39 is 0 Å². The number of hydrogen-bond donors (Lipinski definition) is 2. The fourth-order valence-electron chi connectivity index (χ4n) is 2.42. The van der Waals surface area contributed by atoms with Gasteiger partial charge in [0, 0.05) is 11.6 Å². The van der Waals surface area contributed by atoms with Crippen LogP contribution < -0.4 is 5.32 Å². The van der Waals surface area contributed by atoms with Crippen molar-refractivity contribution in [3.8, 4) is 5.75 Å². The molecule has 0 aliphatic heterocycles. The summed E-state index contributed by atoms with van der Waals surface area (Å²) < 4.78 is 0. The Morgan fingerprint density at radius 3 is 2.76 bits per heavy atom. The summed E-state index contributed by atoms with van der Waals surface area (Å²) in [7, 11) is 0. The highest BCUT2D eigenvalue weighted by Crippen LogP contribution is 2.29. The number of rotatable bonds is 5. The van der Waals surface area contributed by atoms with Crippen molar-refractivity contribution in [1.82, 2.24) is 5.32 Å². The molecule has 2 N–H and O–H groups in total. The van der Waals surface area contributed by atoms with Gasteiger partial charge in [-0.15, -0.1) is 0 Å². The minimum atomic E-state index is 0.232. The molecule has 0 heterocycles. The second kappa shape index (κ2) is 5.54. The third kappa shape index (κ3) is 3.22. The summed E-state index contributed by atoms with van der Waals surface area (Å²) in [6.07, 6.45) is 5.51. The topological polar surface area (TPSA) is 32.3 Å².